The van der Waals surface area contributed by atoms with Crippen molar-refractivity contribution in [3.05, 3.63) is 29.6 Å². The maximum absolute atomic E-state index is 16.9. The van der Waals surface area contributed by atoms with Crippen LogP contribution in [-0.4, -0.2) is 83.5 Å². The van der Waals surface area contributed by atoms with E-state index in [0.29, 0.717) is 31.2 Å². The monoisotopic (exact) mass is 655 g/mol. The molecule has 0 spiro atoms. The van der Waals surface area contributed by atoms with Crippen molar-refractivity contribution in [2.24, 2.45) is 11.8 Å². The molecular formula is C32H33F4N7O2S. The highest BCUT2D eigenvalue weighted by Gasteiger charge is 2.49. The van der Waals surface area contributed by atoms with E-state index in [-0.39, 0.29) is 68.7 Å². The van der Waals surface area contributed by atoms with Gasteiger partial charge in [0.1, 0.15) is 36.5 Å². The Kier molecular flexibility index (Phi) is 6.56. The Hall–Kier alpha value is -3.49. The van der Waals surface area contributed by atoms with Crippen LogP contribution in [0.5, 0.6) is 11.8 Å². The van der Waals surface area contributed by atoms with Crippen LogP contribution < -0.4 is 25.4 Å². The smallest absolute Gasteiger partial charge is 0.319 e. The molecule has 5 atom stereocenters. The molecule has 242 valence electrons. The van der Waals surface area contributed by atoms with E-state index in [1.165, 1.54) is 6.07 Å². The molecule has 5 aliphatic rings. The number of hydrogen-bond acceptors (Lipinski definition) is 10. The SMILES string of the molecule is Nc1nc2c(-c3c(F)c4c5c(nc(OC[C@@]67CCCN6C[C@H](F)C7)nc5c3F)N3CC5CCC(CNC5)C3CO4)ccc(F)c2s1. The van der Waals surface area contributed by atoms with Gasteiger partial charge in [0.05, 0.1) is 32.7 Å². The molecule has 2 aromatic heterocycles. The lowest BCUT2D eigenvalue weighted by Crippen LogP contribution is -2.50. The molecule has 0 saturated carbocycles. The molecule has 0 radical (unpaired) electrons. The minimum Gasteiger partial charge on any atom is -0.487 e. The third kappa shape index (κ3) is 4.28. The largest absolute Gasteiger partial charge is 0.487 e. The third-order valence-corrected chi connectivity index (χ3v) is 11.7. The molecule has 4 saturated heterocycles. The minimum absolute atomic E-state index is 0.0444. The molecule has 14 heteroatoms. The number of fused-ring (bicyclic) bond motifs is 8. The number of alkyl halides is 1. The van der Waals surface area contributed by atoms with E-state index in [2.05, 4.69) is 25.1 Å². The molecule has 9 rings (SSSR count). The van der Waals surface area contributed by atoms with E-state index >= 15 is 8.78 Å². The Balaban J connectivity index is 1.25. The summed E-state index contributed by atoms with van der Waals surface area (Å²) in [6, 6.07) is 2.25. The summed E-state index contributed by atoms with van der Waals surface area (Å²) in [5.41, 5.74) is 4.95. The summed E-state index contributed by atoms with van der Waals surface area (Å²) in [6.45, 7) is 3.74. The molecule has 3 unspecified atom stereocenters. The number of thiazole rings is 1. The number of nitrogen functional groups attached to an aromatic ring is 1. The first kappa shape index (κ1) is 28.7. The van der Waals surface area contributed by atoms with Crippen molar-refractivity contribution in [2.75, 3.05) is 56.6 Å². The zero-order valence-electron chi connectivity index (χ0n) is 25.0. The van der Waals surface area contributed by atoms with E-state index in [1.54, 1.807) is 0 Å². The van der Waals surface area contributed by atoms with Crippen LogP contribution in [0.3, 0.4) is 0 Å². The summed E-state index contributed by atoms with van der Waals surface area (Å²) in [5.74, 6) is -1.73. The number of anilines is 2. The van der Waals surface area contributed by atoms with Crippen LogP contribution in [0, 0.1) is 29.3 Å². The Morgan fingerprint density at radius 2 is 1.98 bits per heavy atom. The summed E-state index contributed by atoms with van der Waals surface area (Å²) in [6.07, 6.45) is 3.15. The van der Waals surface area contributed by atoms with Gasteiger partial charge >= 0.3 is 6.01 Å². The van der Waals surface area contributed by atoms with Crippen LogP contribution in [0.15, 0.2) is 12.1 Å². The van der Waals surface area contributed by atoms with Gasteiger partial charge < -0.3 is 25.4 Å². The third-order valence-electron chi connectivity index (χ3n) is 10.8. The number of ether oxygens (including phenoxy) is 2. The summed E-state index contributed by atoms with van der Waals surface area (Å²) in [4.78, 5) is 17.9. The molecule has 0 amide bonds. The van der Waals surface area contributed by atoms with E-state index in [0.717, 1.165) is 62.7 Å². The number of nitrogens with zero attached hydrogens (tertiary/aromatic N) is 5. The highest BCUT2D eigenvalue weighted by molar-refractivity contribution is 7.22. The topological polar surface area (TPSA) is 102 Å². The van der Waals surface area contributed by atoms with Gasteiger partial charge in [0.15, 0.2) is 22.5 Å². The van der Waals surface area contributed by atoms with Gasteiger partial charge in [-0.15, -0.1) is 0 Å². The number of rotatable bonds is 4. The Labute approximate surface area is 266 Å². The van der Waals surface area contributed by atoms with Gasteiger partial charge in [0, 0.05) is 31.6 Å². The highest BCUT2D eigenvalue weighted by Crippen LogP contribution is 2.48. The zero-order valence-corrected chi connectivity index (χ0v) is 25.8. The van der Waals surface area contributed by atoms with E-state index < -0.39 is 34.7 Å². The summed E-state index contributed by atoms with van der Waals surface area (Å²) >= 11 is 0.909. The van der Waals surface area contributed by atoms with Gasteiger partial charge in [0.2, 0.25) is 0 Å². The van der Waals surface area contributed by atoms with Crippen molar-refractivity contribution in [1.82, 2.24) is 25.2 Å². The predicted molar refractivity (Wildman–Crippen MR) is 167 cm³/mol. The van der Waals surface area contributed by atoms with Gasteiger partial charge in [-0.2, -0.15) is 9.97 Å². The molecule has 2 aromatic carbocycles. The maximum atomic E-state index is 16.9. The fourth-order valence-electron chi connectivity index (χ4n) is 8.64. The second-order valence-electron chi connectivity index (χ2n) is 13.5. The van der Waals surface area contributed by atoms with E-state index in [9.17, 15) is 8.78 Å². The lowest BCUT2D eigenvalue weighted by atomic mass is 9.95. The molecule has 2 bridgehead atoms. The van der Waals surface area contributed by atoms with Crippen molar-refractivity contribution in [1.29, 1.82) is 0 Å². The van der Waals surface area contributed by atoms with Gasteiger partial charge in [0.25, 0.3) is 0 Å². The van der Waals surface area contributed by atoms with Crippen LogP contribution >= 0.6 is 11.3 Å². The lowest BCUT2D eigenvalue weighted by Gasteiger charge is -2.37. The Bertz CT molecular complexity index is 1890. The van der Waals surface area contributed by atoms with Gasteiger partial charge in [-0.25, -0.2) is 22.5 Å². The Morgan fingerprint density at radius 1 is 1.09 bits per heavy atom. The number of halogens is 4. The van der Waals surface area contributed by atoms with E-state index in [1.807, 2.05) is 0 Å². The quantitative estimate of drug-likeness (QED) is 0.293. The zero-order chi connectivity index (χ0) is 31.3. The highest BCUT2D eigenvalue weighted by atomic mass is 32.1. The van der Waals surface area contributed by atoms with Crippen molar-refractivity contribution in [3.63, 3.8) is 0 Å². The van der Waals surface area contributed by atoms with Crippen molar-refractivity contribution >= 4 is 43.4 Å². The van der Waals surface area contributed by atoms with Crippen LogP contribution in [0.2, 0.25) is 0 Å². The van der Waals surface area contributed by atoms with Crippen LogP contribution in [0.4, 0.5) is 28.5 Å². The second-order valence-corrected chi connectivity index (χ2v) is 14.5. The van der Waals surface area contributed by atoms with Crippen molar-refractivity contribution in [3.8, 4) is 22.9 Å². The number of aromatic nitrogens is 3. The van der Waals surface area contributed by atoms with Crippen molar-refractivity contribution in [2.45, 2.75) is 49.9 Å². The molecule has 4 fully saturated rings. The molecule has 9 nitrogen and oxygen atoms in total. The average Bonchev–Trinajstić information content (AvgIpc) is 3.54. The number of hydrogen-bond donors (Lipinski definition) is 2. The summed E-state index contributed by atoms with van der Waals surface area (Å²) < 4.78 is 75.6. The van der Waals surface area contributed by atoms with Crippen LogP contribution in [-0.2, 0) is 0 Å². The first-order chi connectivity index (χ1) is 22.3. The van der Waals surface area contributed by atoms with Gasteiger partial charge in [-0.3, -0.25) is 4.90 Å². The first-order valence-corrected chi connectivity index (χ1v) is 16.8. The second kappa shape index (κ2) is 10.5. The van der Waals surface area contributed by atoms with Crippen LogP contribution in [0.25, 0.3) is 32.2 Å². The standard InChI is InChI=1S/C32H33F4N7O2S/c33-17-8-32(6-1-7-42(32)12-17)14-45-31-40-26-22-27(44-13-20-16-3-2-15(9-38-10-16)11-43(20)29(22)41-31)24(36)21(23(26)35)18-4-5-19(34)28-25(18)39-30(37)46-28/h4-5,15-17,20,38H,1-3,6-14H2,(H2,37,39)/t15?,16?,17-,20?,32+/m1/s1. The molecule has 0 aliphatic carbocycles. The van der Waals surface area contributed by atoms with E-state index in [4.69, 9.17) is 20.2 Å². The molecule has 3 N–H and O–H groups in total. The summed E-state index contributed by atoms with van der Waals surface area (Å²) in [7, 11) is 0. The lowest BCUT2D eigenvalue weighted by molar-refractivity contribution is 0.107. The Morgan fingerprint density at radius 3 is 2.87 bits per heavy atom. The minimum atomic E-state index is -0.951. The number of benzene rings is 2. The predicted octanol–water partition coefficient (Wildman–Crippen LogP) is 5.06. The number of nitrogens with two attached hydrogens (primary N) is 1. The fraction of sp³-hybridized carbons (Fsp3) is 0.531. The fourth-order valence-corrected chi connectivity index (χ4v) is 9.40. The molecule has 5 aliphatic heterocycles. The van der Waals surface area contributed by atoms with Gasteiger partial charge in [-0.05, 0) is 62.7 Å². The van der Waals surface area contributed by atoms with Crippen molar-refractivity contribution < 1.29 is 27.0 Å². The van der Waals surface area contributed by atoms with Crippen LogP contribution in [0.1, 0.15) is 32.1 Å². The maximum Gasteiger partial charge on any atom is 0.319 e. The molecule has 46 heavy (non-hydrogen) atoms. The average molecular weight is 656 g/mol. The number of nitrogens with one attached hydrogen (secondary N) is 1. The normalized spacial score (nSPS) is 29.0. The molecule has 4 aromatic rings. The first-order valence-electron chi connectivity index (χ1n) is 16.0. The summed E-state index contributed by atoms with van der Waals surface area (Å²) in [5, 5.41) is 3.77. The molecule has 7 heterocycles. The molecular weight excluding hydrogens is 622 g/mol. The van der Waals surface area contributed by atoms with Gasteiger partial charge in [-0.1, -0.05) is 11.3 Å².